The SMILES string of the molecule is N#Cc1cc(C#N)c(-c2ccc3c(c2)c2ccccc2n3-c2ccc(C(F)(F)F)cc2-c2ccc(-c3nc(-c4ccccc4)nc(-c4ccccc4)n3)cc2-n2c3ccccc3c3cc(-c4c(C#N)cc(C#N)cc4C#N)ccc32)c(C#N)c1. The largest absolute Gasteiger partial charge is 0.416 e. The highest BCUT2D eigenvalue weighted by Gasteiger charge is 2.33. The number of rotatable bonds is 8. The number of aromatic nitrogens is 5. The van der Waals surface area contributed by atoms with Crippen LogP contribution in [0.15, 0.2) is 206 Å². The van der Waals surface area contributed by atoms with Crippen LogP contribution in [0.1, 0.15) is 38.9 Å². The molecule has 0 N–H and O–H groups in total. The maximum Gasteiger partial charge on any atom is 0.416 e. The number of hydrogen-bond donors (Lipinski definition) is 0. The third-order valence-electron chi connectivity index (χ3n) is 15.0. The molecule has 0 aliphatic heterocycles. The van der Waals surface area contributed by atoms with Crippen molar-refractivity contribution in [2.24, 2.45) is 0 Å². The lowest BCUT2D eigenvalue weighted by Crippen LogP contribution is -2.08. The lowest BCUT2D eigenvalue weighted by Gasteiger charge is -2.21. The van der Waals surface area contributed by atoms with Crippen molar-refractivity contribution in [1.29, 1.82) is 31.6 Å². The van der Waals surface area contributed by atoms with Gasteiger partial charge in [-0.05, 0) is 96.1 Å². The standard InChI is InChI=1S/C70H34F3N11/c71-70(72,73)52-22-26-63(83-59-17-9-7-15-53(59)56-31-45(20-24-61(56)83)65-48(37-76)27-41(35-74)28-49(65)38-77)58(34-52)55-23-19-47(69-81-67(43-11-3-1-4-12-43)80-68(82-69)44-13-5-2-6-14-44)33-64(55)84-60-18-10-8-16-54(60)57-32-46(21-25-62(57)84)66-50(39-78)29-42(36-75)30-51(66)40-79/h1-34H. The second-order valence-corrected chi connectivity index (χ2v) is 19.7. The van der Waals surface area contributed by atoms with Gasteiger partial charge in [0.2, 0.25) is 0 Å². The minimum atomic E-state index is -4.78. The number of nitriles is 6. The quantitative estimate of drug-likeness (QED) is 0.142. The predicted molar refractivity (Wildman–Crippen MR) is 314 cm³/mol. The highest BCUT2D eigenvalue weighted by molar-refractivity contribution is 6.13. The zero-order chi connectivity index (χ0) is 57.8. The van der Waals surface area contributed by atoms with Crippen molar-refractivity contribution in [3.05, 3.63) is 245 Å². The topological polar surface area (TPSA) is 191 Å². The summed E-state index contributed by atoms with van der Waals surface area (Å²) in [5.41, 5.74) is 7.65. The fourth-order valence-corrected chi connectivity index (χ4v) is 11.3. The lowest BCUT2D eigenvalue weighted by molar-refractivity contribution is -0.137. The molecule has 84 heavy (non-hydrogen) atoms. The van der Waals surface area contributed by atoms with E-state index < -0.39 is 11.7 Å². The van der Waals surface area contributed by atoms with Gasteiger partial charge in [-0.25, -0.2) is 15.0 Å². The molecule has 390 valence electrons. The number of fused-ring (bicyclic) bond motifs is 6. The van der Waals surface area contributed by atoms with Crippen LogP contribution in [0.25, 0.3) is 123 Å². The van der Waals surface area contributed by atoms with Crippen LogP contribution < -0.4 is 0 Å². The third-order valence-corrected chi connectivity index (χ3v) is 15.0. The average molecular weight is 1090 g/mol. The van der Waals surface area contributed by atoms with Gasteiger partial charge in [0, 0.05) is 60.5 Å². The second kappa shape index (κ2) is 20.3. The first-order valence-corrected chi connectivity index (χ1v) is 26.1. The number of halogens is 3. The molecule has 3 heterocycles. The highest BCUT2D eigenvalue weighted by atomic mass is 19.4. The van der Waals surface area contributed by atoms with Crippen LogP contribution >= 0.6 is 0 Å². The molecule has 13 aromatic rings. The summed E-state index contributed by atoms with van der Waals surface area (Å²) in [6, 6.07) is 72.6. The number of para-hydroxylation sites is 2. The van der Waals surface area contributed by atoms with Gasteiger partial charge in [0.25, 0.3) is 0 Å². The highest BCUT2D eigenvalue weighted by Crippen LogP contribution is 2.46. The molecule has 0 unspecified atom stereocenters. The van der Waals surface area contributed by atoms with Crippen molar-refractivity contribution >= 4 is 43.6 Å². The zero-order valence-corrected chi connectivity index (χ0v) is 43.7. The number of alkyl halides is 3. The van der Waals surface area contributed by atoms with Crippen LogP contribution in [0, 0.1) is 68.0 Å². The zero-order valence-electron chi connectivity index (χ0n) is 43.7. The second-order valence-electron chi connectivity index (χ2n) is 19.7. The molecule has 0 radical (unpaired) electrons. The van der Waals surface area contributed by atoms with E-state index >= 15 is 13.2 Å². The summed E-state index contributed by atoms with van der Waals surface area (Å²) < 4.78 is 50.2. The number of benzene rings is 10. The fourth-order valence-electron chi connectivity index (χ4n) is 11.3. The van der Waals surface area contributed by atoms with E-state index in [9.17, 15) is 31.6 Å². The molecule has 0 amide bonds. The van der Waals surface area contributed by atoms with Crippen molar-refractivity contribution in [3.63, 3.8) is 0 Å². The van der Waals surface area contributed by atoms with Crippen LogP contribution in [0.4, 0.5) is 13.2 Å². The summed E-state index contributed by atoms with van der Waals surface area (Å²) >= 11 is 0. The number of hydrogen-bond acceptors (Lipinski definition) is 9. The molecule has 0 aliphatic carbocycles. The van der Waals surface area contributed by atoms with E-state index in [1.54, 1.807) is 24.3 Å². The Hall–Kier alpha value is -12.5. The molecule has 3 aromatic heterocycles. The first-order chi connectivity index (χ1) is 41.0. The maximum atomic E-state index is 15.4. The van der Waals surface area contributed by atoms with Gasteiger partial charge in [-0.2, -0.15) is 44.7 Å². The van der Waals surface area contributed by atoms with Crippen molar-refractivity contribution in [2.75, 3.05) is 0 Å². The molecule has 0 spiro atoms. The van der Waals surface area contributed by atoms with E-state index in [1.807, 2.05) is 161 Å². The summed E-state index contributed by atoms with van der Waals surface area (Å²) in [5, 5.41) is 63.7. The molecule has 0 aliphatic rings. The van der Waals surface area contributed by atoms with E-state index in [0.29, 0.717) is 89.2 Å². The van der Waals surface area contributed by atoms with E-state index in [2.05, 4.69) is 24.3 Å². The smallest absolute Gasteiger partial charge is 0.309 e. The van der Waals surface area contributed by atoms with Crippen molar-refractivity contribution in [3.8, 4) is 115 Å². The summed E-state index contributed by atoms with van der Waals surface area (Å²) in [6.45, 7) is 0. The maximum absolute atomic E-state index is 15.4. The molecule has 10 aromatic carbocycles. The van der Waals surface area contributed by atoms with Crippen LogP contribution in [0.2, 0.25) is 0 Å². The van der Waals surface area contributed by atoms with Crippen LogP contribution in [0.5, 0.6) is 0 Å². The molecule has 0 atom stereocenters. The minimum Gasteiger partial charge on any atom is -0.309 e. The van der Waals surface area contributed by atoms with Gasteiger partial charge in [-0.15, -0.1) is 0 Å². The van der Waals surface area contributed by atoms with Gasteiger partial charge in [-0.1, -0.05) is 121 Å². The van der Waals surface area contributed by atoms with E-state index in [1.165, 1.54) is 30.3 Å². The molecule has 13 rings (SSSR count). The van der Waals surface area contributed by atoms with Crippen LogP contribution in [0.3, 0.4) is 0 Å². The van der Waals surface area contributed by atoms with Gasteiger partial charge >= 0.3 is 6.18 Å². The van der Waals surface area contributed by atoms with Crippen molar-refractivity contribution in [1.82, 2.24) is 24.1 Å². The molecule has 11 nitrogen and oxygen atoms in total. The van der Waals surface area contributed by atoms with E-state index in [0.717, 1.165) is 34.0 Å². The first-order valence-electron chi connectivity index (χ1n) is 26.1. The molecular weight excluding hydrogens is 1050 g/mol. The Balaban J connectivity index is 1.12. The third kappa shape index (κ3) is 8.54. The van der Waals surface area contributed by atoms with Crippen LogP contribution in [-0.2, 0) is 6.18 Å². The Morgan fingerprint density at radius 1 is 0.321 bits per heavy atom. The summed E-state index contributed by atoms with van der Waals surface area (Å²) in [4.78, 5) is 15.1. The average Bonchev–Trinajstić information content (AvgIpc) is 2.02. The molecule has 0 fully saturated rings. The number of nitrogens with zero attached hydrogens (tertiary/aromatic N) is 11. The normalized spacial score (nSPS) is 11.2. The summed E-state index contributed by atoms with van der Waals surface area (Å²) in [7, 11) is 0. The van der Waals surface area contributed by atoms with E-state index in [4.69, 9.17) is 15.0 Å². The van der Waals surface area contributed by atoms with Crippen LogP contribution in [-0.4, -0.2) is 24.1 Å². The predicted octanol–water partition coefficient (Wildman–Crippen LogP) is 16.3. The summed E-state index contributed by atoms with van der Waals surface area (Å²) in [5.74, 6) is 1.08. The Labute approximate surface area is 477 Å². The lowest BCUT2D eigenvalue weighted by atomic mass is 9.92. The van der Waals surface area contributed by atoms with Gasteiger partial charge < -0.3 is 9.13 Å². The molecule has 0 saturated heterocycles. The van der Waals surface area contributed by atoms with Gasteiger partial charge in [0.05, 0.1) is 109 Å². The Morgan fingerprint density at radius 2 is 0.726 bits per heavy atom. The van der Waals surface area contributed by atoms with Crippen molar-refractivity contribution in [2.45, 2.75) is 6.18 Å². The monoisotopic (exact) mass is 1090 g/mol. The minimum absolute atomic E-state index is 0.133. The van der Waals surface area contributed by atoms with Crippen molar-refractivity contribution < 1.29 is 13.2 Å². The Morgan fingerprint density at radius 3 is 1.17 bits per heavy atom. The summed E-state index contributed by atoms with van der Waals surface area (Å²) in [6.07, 6.45) is -4.78. The molecule has 0 bridgehead atoms. The van der Waals surface area contributed by atoms with E-state index in [-0.39, 0.29) is 44.8 Å². The fraction of sp³-hybridized carbons (Fsp3) is 0.0143. The Kier molecular flexibility index (Phi) is 12.3. The molecule has 0 saturated carbocycles. The molecular formula is C70H34F3N11. The Bertz CT molecular complexity index is 5080. The van der Waals surface area contributed by atoms with Gasteiger partial charge in [0.15, 0.2) is 17.5 Å². The van der Waals surface area contributed by atoms with Gasteiger partial charge in [0.1, 0.15) is 0 Å². The van der Waals surface area contributed by atoms with Gasteiger partial charge in [-0.3, -0.25) is 0 Å². The molecule has 14 heteroatoms. The first kappa shape index (κ1) is 51.0.